The van der Waals surface area contributed by atoms with Gasteiger partial charge in [-0.2, -0.15) is 10.4 Å². The van der Waals surface area contributed by atoms with Gasteiger partial charge in [0.25, 0.3) is 0 Å². The van der Waals surface area contributed by atoms with Crippen LogP contribution in [0.25, 0.3) is 0 Å². The summed E-state index contributed by atoms with van der Waals surface area (Å²) >= 11 is 0. The van der Waals surface area contributed by atoms with E-state index in [0.717, 1.165) is 38.4 Å². The number of likely N-dealkylation sites (tertiary alicyclic amines) is 1. The van der Waals surface area contributed by atoms with Crippen LogP contribution in [0.5, 0.6) is 0 Å². The zero-order chi connectivity index (χ0) is 19.2. The molecule has 0 radical (unpaired) electrons. The maximum atomic E-state index is 14.0. The van der Waals surface area contributed by atoms with Gasteiger partial charge in [-0.05, 0) is 49.4 Å². The molecule has 3 rings (SSSR count). The first-order chi connectivity index (χ1) is 13.1. The number of benzene rings is 1. The lowest BCUT2D eigenvalue weighted by Crippen LogP contribution is -2.40. The Morgan fingerprint density at radius 2 is 2.33 bits per heavy atom. The van der Waals surface area contributed by atoms with E-state index in [1.54, 1.807) is 6.07 Å². The zero-order valence-electron chi connectivity index (χ0n) is 15.8. The van der Waals surface area contributed by atoms with Crippen molar-refractivity contribution in [2.75, 3.05) is 19.6 Å². The van der Waals surface area contributed by atoms with Gasteiger partial charge in [-0.1, -0.05) is 0 Å². The van der Waals surface area contributed by atoms with Crippen molar-refractivity contribution in [3.8, 4) is 6.07 Å². The number of hydrogen-bond donors (Lipinski definition) is 1. The number of nitrogens with zero attached hydrogens (tertiary/aromatic N) is 5. The fourth-order valence-electron chi connectivity index (χ4n) is 3.45. The second-order valence-corrected chi connectivity index (χ2v) is 6.92. The van der Waals surface area contributed by atoms with Gasteiger partial charge in [0.1, 0.15) is 5.82 Å². The maximum absolute atomic E-state index is 14.0. The Bertz CT molecular complexity index is 850. The number of aryl methyl sites for hydroxylation is 1. The van der Waals surface area contributed by atoms with Gasteiger partial charge in [-0.3, -0.25) is 4.68 Å². The van der Waals surface area contributed by atoms with Gasteiger partial charge < -0.3 is 10.2 Å². The molecule has 0 amide bonds. The van der Waals surface area contributed by atoms with E-state index in [0.29, 0.717) is 17.0 Å². The molecule has 1 atom stereocenters. The minimum Gasteiger partial charge on any atom is -0.357 e. The van der Waals surface area contributed by atoms with Crippen molar-refractivity contribution in [2.45, 2.75) is 26.3 Å². The summed E-state index contributed by atoms with van der Waals surface area (Å²) in [7, 11) is 1.93. The van der Waals surface area contributed by atoms with Crippen molar-refractivity contribution >= 4 is 5.96 Å². The molecule has 2 heterocycles. The van der Waals surface area contributed by atoms with E-state index in [1.165, 1.54) is 17.7 Å². The van der Waals surface area contributed by atoms with E-state index in [-0.39, 0.29) is 12.4 Å². The molecule has 1 aliphatic rings. The first-order valence-corrected chi connectivity index (χ1v) is 9.28. The largest absolute Gasteiger partial charge is 0.357 e. The number of aliphatic imine (C=N–C) groups is 1. The van der Waals surface area contributed by atoms with Crippen molar-refractivity contribution < 1.29 is 4.39 Å². The van der Waals surface area contributed by atoms with Crippen LogP contribution in [0.4, 0.5) is 4.39 Å². The lowest BCUT2D eigenvalue weighted by molar-refractivity contribution is 0.459. The summed E-state index contributed by atoms with van der Waals surface area (Å²) in [6, 6.07) is 6.43. The fraction of sp³-hybridized carbons (Fsp3) is 0.450. The highest BCUT2D eigenvalue weighted by molar-refractivity contribution is 5.80. The van der Waals surface area contributed by atoms with E-state index >= 15 is 0 Å². The fourth-order valence-corrected chi connectivity index (χ4v) is 3.45. The lowest BCUT2D eigenvalue weighted by Gasteiger charge is -2.21. The third-order valence-corrected chi connectivity index (χ3v) is 4.78. The molecule has 142 valence electrons. The summed E-state index contributed by atoms with van der Waals surface area (Å²) in [4.78, 5) is 6.85. The molecular weight excluding hydrogens is 343 g/mol. The van der Waals surface area contributed by atoms with Crippen molar-refractivity contribution in [3.05, 3.63) is 53.1 Å². The van der Waals surface area contributed by atoms with Crippen LogP contribution < -0.4 is 5.32 Å². The molecule has 7 heteroatoms. The molecule has 1 N–H and O–H groups in total. The monoisotopic (exact) mass is 368 g/mol. The Hall–Kier alpha value is -2.88. The second kappa shape index (κ2) is 8.67. The summed E-state index contributed by atoms with van der Waals surface area (Å²) in [6.07, 6.45) is 6.08. The van der Waals surface area contributed by atoms with E-state index in [4.69, 9.17) is 5.26 Å². The molecule has 27 heavy (non-hydrogen) atoms. The minimum absolute atomic E-state index is 0.216. The smallest absolute Gasteiger partial charge is 0.194 e. The Balaban J connectivity index is 1.66. The van der Waals surface area contributed by atoms with Gasteiger partial charge in [-0.15, -0.1) is 0 Å². The molecule has 0 spiro atoms. The van der Waals surface area contributed by atoms with Crippen molar-refractivity contribution in [1.82, 2.24) is 20.0 Å². The topological polar surface area (TPSA) is 69.2 Å². The summed E-state index contributed by atoms with van der Waals surface area (Å²) in [5, 5.41) is 16.5. The molecule has 2 aromatic rings. The molecule has 6 nitrogen and oxygen atoms in total. The Labute approximate surface area is 159 Å². The van der Waals surface area contributed by atoms with Gasteiger partial charge in [0.2, 0.25) is 0 Å². The number of nitrogens with one attached hydrogen (secondary N) is 1. The van der Waals surface area contributed by atoms with Crippen molar-refractivity contribution in [1.29, 1.82) is 5.26 Å². The summed E-state index contributed by atoms with van der Waals surface area (Å²) in [5.41, 5.74) is 2.14. The van der Waals surface area contributed by atoms with Crippen LogP contribution in [0.2, 0.25) is 0 Å². The molecule has 1 aliphatic heterocycles. The predicted octanol–water partition coefficient (Wildman–Crippen LogP) is 2.46. The molecule has 0 aliphatic carbocycles. The molecule has 1 saturated heterocycles. The Morgan fingerprint density at radius 1 is 1.48 bits per heavy atom. The van der Waals surface area contributed by atoms with E-state index in [1.807, 2.05) is 30.9 Å². The quantitative estimate of drug-likeness (QED) is 0.650. The van der Waals surface area contributed by atoms with Gasteiger partial charge >= 0.3 is 0 Å². The SMILES string of the molecule is CCNC(=NCc1cc(C#N)ccc1F)N1CCC(Cc2cnn(C)c2)C1. The highest BCUT2D eigenvalue weighted by atomic mass is 19.1. The average molecular weight is 368 g/mol. The Kier molecular flexibility index (Phi) is 6.07. The number of rotatable bonds is 5. The van der Waals surface area contributed by atoms with Crippen LogP contribution in [0.1, 0.15) is 30.0 Å². The number of aromatic nitrogens is 2. The van der Waals surface area contributed by atoms with Crippen molar-refractivity contribution in [3.63, 3.8) is 0 Å². The van der Waals surface area contributed by atoms with Gasteiger partial charge in [0.15, 0.2) is 5.96 Å². The number of halogens is 1. The summed E-state index contributed by atoms with van der Waals surface area (Å²) in [5.74, 6) is 1.02. The third-order valence-electron chi connectivity index (χ3n) is 4.78. The average Bonchev–Trinajstić information content (AvgIpc) is 3.29. The summed E-state index contributed by atoms with van der Waals surface area (Å²) in [6.45, 7) is 4.84. The third kappa shape index (κ3) is 4.85. The highest BCUT2D eigenvalue weighted by Gasteiger charge is 2.25. The van der Waals surface area contributed by atoms with Crippen LogP contribution >= 0.6 is 0 Å². The molecule has 0 bridgehead atoms. The zero-order valence-corrected chi connectivity index (χ0v) is 15.8. The number of hydrogen-bond acceptors (Lipinski definition) is 3. The standard InChI is InChI=1S/C20H25FN6/c1-3-23-20(24-12-18-9-15(10-22)4-5-19(18)21)27-7-6-16(14-27)8-17-11-25-26(2)13-17/h4-5,9,11,13,16H,3,6-8,12,14H2,1-2H3,(H,23,24). The van der Waals surface area contributed by atoms with E-state index in [9.17, 15) is 4.39 Å². The summed E-state index contributed by atoms with van der Waals surface area (Å²) < 4.78 is 15.8. The maximum Gasteiger partial charge on any atom is 0.194 e. The normalized spacial score (nSPS) is 17.2. The predicted molar refractivity (Wildman–Crippen MR) is 103 cm³/mol. The number of nitriles is 1. The second-order valence-electron chi connectivity index (χ2n) is 6.92. The highest BCUT2D eigenvalue weighted by Crippen LogP contribution is 2.21. The van der Waals surface area contributed by atoms with Gasteiger partial charge in [0.05, 0.1) is 24.4 Å². The van der Waals surface area contributed by atoms with E-state index in [2.05, 4.69) is 26.5 Å². The van der Waals surface area contributed by atoms with Crippen LogP contribution in [0.3, 0.4) is 0 Å². The van der Waals surface area contributed by atoms with Crippen LogP contribution in [-0.4, -0.2) is 40.3 Å². The molecule has 1 fully saturated rings. The molecule has 1 aromatic carbocycles. The van der Waals surface area contributed by atoms with Crippen LogP contribution in [-0.2, 0) is 20.0 Å². The molecule has 1 aromatic heterocycles. The van der Waals surface area contributed by atoms with E-state index < -0.39 is 0 Å². The first kappa shape index (κ1) is 18.9. The molecule has 1 unspecified atom stereocenters. The molecular formula is C20H25FN6. The van der Waals surface area contributed by atoms with Gasteiger partial charge in [-0.25, -0.2) is 9.38 Å². The molecule has 0 saturated carbocycles. The van der Waals surface area contributed by atoms with Gasteiger partial charge in [0, 0.05) is 38.4 Å². The Morgan fingerprint density at radius 3 is 3.04 bits per heavy atom. The first-order valence-electron chi connectivity index (χ1n) is 9.28. The van der Waals surface area contributed by atoms with Crippen LogP contribution in [0.15, 0.2) is 35.6 Å². The van der Waals surface area contributed by atoms with Crippen molar-refractivity contribution in [2.24, 2.45) is 18.0 Å². The number of guanidine groups is 1. The lowest BCUT2D eigenvalue weighted by atomic mass is 10.0. The minimum atomic E-state index is -0.329. The van der Waals surface area contributed by atoms with Crippen LogP contribution in [0, 0.1) is 23.1 Å².